The second kappa shape index (κ2) is 3.88. The zero-order valence-electron chi connectivity index (χ0n) is 5.80. The van der Waals surface area contributed by atoms with Gasteiger partial charge in [0, 0.05) is 0 Å². The van der Waals surface area contributed by atoms with Crippen molar-refractivity contribution in [2.45, 2.75) is 12.0 Å². The SMILES string of the molecule is CC(O)(P(=O)(O)O)P(=O)(O)O.[Fe+3]. The van der Waals surface area contributed by atoms with Crippen LogP contribution in [0, 0.1) is 0 Å². The predicted molar refractivity (Wildman–Crippen MR) is 34.7 cm³/mol. The van der Waals surface area contributed by atoms with E-state index in [2.05, 4.69) is 0 Å². The van der Waals surface area contributed by atoms with Gasteiger partial charge in [-0.1, -0.05) is 0 Å². The summed E-state index contributed by atoms with van der Waals surface area (Å²) in [6, 6.07) is 0. The Morgan fingerprint density at radius 1 is 1.00 bits per heavy atom. The van der Waals surface area contributed by atoms with Gasteiger partial charge in [0.15, 0.2) is 0 Å². The van der Waals surface area contributed by atoms with Crippen molar-refractivity contribution < 1.29 is 50.9 Å². The van der Waals surface area contributed by atoms with E-state index < -0.39 is 20.3 Å². The molecular formula is C2H8FeO7P2+3. The molecule has 0 amide bonds. The summed E-state index contributed by atoms with van der Waals surface area (Å²) >= 11 is 0. The van der Waals surface area contributed by atoms with Crippen molar-refractivity contribution in [1.82, 2.24) is 0 Å². The average molecular weight is 262 g/mol. The van der Waals surface area contributed by atoms with Gasteiger partial charge < -0.3 is 24.7 Å². The molecule has 73 valence electrons. The minimum absolute atomic E-state index is 0. The second-order valence-electron chi connectivity index (χ2n) is 2.06. The molecule has 0 saturated carbocycles. The third kappa shape index (κ3) is 2.92. The number of aliphatic hydroxyl groups is 1. The number of rotatable bonds is 2. The summed E-state index contributed by atoms with van der Waals surface area (Å²) in [5.74, 6) is 0. The molecule has 0 aliphatic rings. The van der Waals surface area contributed by atoms with Gasteiger partial charge in [-0.15, -0.1) is 0 Å². The maximum absolute atomic E-state index is 10.3. The van der Waals surface area contributed by atoms with E-state index in [4.69, 9.17) is 24.7 Å². The molecule has 0 rings (SSSR count). The maximum atomic E-state index is 10.3. The maximum Gasteiger partial charge on any atom is 3.00 e. The Morgan fingerprint density at radius 3 is 1.17 bits per heavy atom. The zero-order valence-corrected chi connectivity index (χ0v) is 8.69. The Morgan fingerprint density at radius 2 is 1.17 bits per heavy atom. The zero-order chi connectivity index (χ0) is 9.50. The van der Waals surface area contributed by atoms with Crippen molar-refractivity contribution >= 4 is 15.2 Å². The fourth-order valence-corrected chi connectivity index (χ4v) is 1.53. The first-order valence-corrected chi connectivity index (χ1v) is 5.56. The van der Waals surface area contributed by atoms with Gasteiger partial charge in [0.2, 0.25) is 0 Å². The van der Waals surface area contributed by atoms with Crippen molar-refractivity contribution in [2.24, 2.45) is 0 Å². The van der Waals surface area contributed by atoms with Crippen LogP contribution in [0.25, 0.3) is 0 Å². The van der Waals surface area contributed by atoms with E-state index in [1.54, 1.807) is 0 Å². The molecular weight excluding hydrogens is 254 g/mol. The molecule has 0 aliphatic heterocycles. The summed E-state index contributed by atoms with van der Waals surface area (Å²) in [6.07, 6.45) is 0. The summed E-state index contributed by atoms with van der Waals surface area (Å²) in [4.78, 5) is 33.0. The Hall–Kier alpha value is 0.779. The van der Waals surface area contributed by atoms with Crippen LogP contribution in [0.4, 0.5) is 0 Å². The molecule has 0 aromatic rings. The third-order valence-corrected chi connectivity index (χ3v) is 4.87. The normalized spacial score (nSPS) is 13.8. The Labute approximate surface area is 78.6 Å². The predicted octanol–water partition coefficient (Wildman–Crippen LogP) is -0.995. The van der Waals surface area contributed by atoms with Crippen molar-refractivity contribution in [3.05, 3.63) is 0 Å². The molecule has 0 aromatic heterocycles. The Bertz CT molecular complexity index is 212. The second-order valence-corrected chi connectivity index (χ2v) is 6.33. The van der Waals surface area contributed by atoms with Crippen molar-refractivity contribution in [1.29, 1.82) is 0 Å². The molecule has 5 N–H and O–H groups in total. The van der Waals surface area contributed by atoms with Crippen LogP contribution in [0.5, 0.6) is 0 Å². The Balaban J connectivity index is 0. The molecule has 0 fully saturated rings. The topological polar surface area (TPSA) is 135 Å². The van der Waals surface area contributed by atoms with Crippen LogP contribution in [0.3, 0.4) is 0 Å². The van der Waals surface area contributed by atoms with Crippen LogP contribution in [-0.4, -0.2) is 29.8 Å². The van der Waals surface area contributed by atoms with Gasteiger partial charge in [-0.2, -0.15) is 0 Å². The summed E-state index contributed by atoms with van der Waals surface area (Å²) < 4.78 is 20.5. The molecule has 0 bridgehead atoms. The van der Waals surface area contributed by atoms with Crippen molar-refractivity contribution in [3.63, 3.8) is 0 Å². The van der Waals surface area contributed by atoms with Crippen LogP contribution in [0.1, 0.15) is 6.92 Å². The third-order valence-electron chi connectivity index (χ3n) is 1.10. The summed E-state index contributed by atoms with van der Waals surface area (Å²) in [5, 5.41) is 5.37. The molecule has 0 atom stereocenters. The van der Waals surface area contributed by atoms with E-state index in [1.165, 1.54) is 0 Å². The van der Waals surface area contributed by atoms with Gasteiger partial charge in [-0.25, -0.2) is 0 Å². The standard InChI is InChI=1S/C2H8O7P2.Fe/c1-2(3,10(4,5)6)11(7,8)9;/h3H,1H3,(H2,4,5,6)(H2,7,8,9);/q;+3. The van der Waals surface area contributed by atoms with Crippen LogP contribution in [0.2, 0.25) is 0 Å². The quantitative estimate of drug-likeness (QED) is 0.318. The molecule has 0 unspecified atom stereocenters. The Kier molecular flexibility index (Phi) is 4.94. The van der Waals surface area contributed by atoms with Gasteiger partial charge in [0.1, 0.15) is 0 Å². The molecule has 0 saturated heterocycles. The van der Waals surface area contributed by atoms with E-state index in [0.717, 1.165) is 0 Å². The number of hydrogen-bond acceptors (Lipinski definition) is 3. The molecule has 0 aliphatic carbocycles. The molecule has 0 heterocycles. The van der Waals surface area contributed by atoms with E-state index in [-0.39, 0.29) is 17.1 Å². The molecule has 0 aromatic carbocycles. The van der Waals surface area contributed by atoms with E-state index >= 15 is 0 Å². The first kappa shape index (κ1) is 15.3. The molecule has 0 spiro atoms. The van der Waals surface area contributed by atoms with Gasteiger partial charge in [-0.05, 0) is 6.92 Å². The first-order chi connectivity index (χ1) is 4.50. The summed E-state index contributed by atoms with van der Waals surface area (Å²) in [7, 11) is -10.4. The molecule has 10 heteroatoms. The van der Waals surface area contributed by atoms with Crippen molar-refractivity contribution in [3.8, 4) is 0 Å². The van der Waals surface area contributed by atoms with Crippen LogP contribution >= 0.6 is 15.2 Å². The van der Waals surface area contributed by atoms with Gasteiger partial charge in [-0.3, -0.25) is 9.13 Å². The fourth-order valence-electron chi connectivity index (χ4n) is 0.170. The molecule has 12 heavy (non-hydrogen) atoms. The van der Waals surface area contributed by atoms with E-state index in [0.29, 0.717) is 6.92 Å². The largest absolute Gasteiger partial charge is 3.00 e. The van der Waals surface area contributed by atoms with Crippen molar-refractivity contribution in [2.75, 3.05) is 0 Å². The monoisotopic (exact) mass is 262 g/mol. The van der Waals surface area contributed by atoms with Crippen LogP contribution < -0.4 is 0 Å². The average Bonchev–Trinajstić information content (AvgIpc) is 1.58. The minimum atomic E-state index is -5.20. The summed E-state index contributed by atoms with van der Waals surface area (Å²) in [5.41, 5.74) is 0. The minimum Gasteiger partial charge on any atom is -0.368 e. The van der Waals surface area contributed by atoms with Gasteiger partial charge in [0.25, 0.3) is 5.08 Å². The van der Waals surface area contributed by atoms with Crippen LogP contribution in [-0.2, 0) is 26.2 Å². The number of hydrogen-bond donors (Lipinski definition) is 5. The van der Waals surface area contributed by atoms with E-state index in [9.17, 15) is 9.13 Å². The van der Waals surface area contributed by atoms with E-state index in [1.807, 2.05) is 0 Å². The fraction of sp³-hybridized carbons (Fsp3) is 1.00. The van der Waals surface area contributed by atoms with Gasteiger partial charge >= 0.3 is 32.3 Å². The first-order valence-electron chi connectivity index (χ1n) is 2.34. The summed E-state index contributed by atoms with van der Waals surface area (Å²) in [6.45, 7) is 0.383. The molecule has 7 nitrogen and oxygen atoms in total. The molecule has 1 radical (unpaired) electrons. The smallest absolute Gasteiger partial charge is 0.368 e. The van der Waals surface area contributed by atoms with Gasteiger partial charge in [0.05, 0.1) is 0 Å². The van der Waals surface area contributed by atoms with Crippen LogP contribution in [0.15, 0.2) is 0 Å².